The van der Waals surface area contributed by atoms with Gasteiger partial charge in [0.1, 0.15) is 5.75 Å². The number of hydrogen-bond donors (Lipinski definition) is 1. The molecule has 2 rings (SSSR count). The van der Waals surface area contributed by atoms with Crippen LogP contribution in [0.5, 0.6) is 5.75 Å². The second kappa shape index (κ2) is 7.47. The van der Waals surface area contributed by atoms with Crippen LogP contribution >= 0.6 is 11.3 Å². The number of alkyl halides is 2. The van der Waals surface area contributed by atoms with Crippen LogP contribution in [0.3, 0.4) is 0 Å². The third kappa shape index (κ3) is 4.75. The van der Waals surface area contributed by atoms with Gasteiger partial charge >= 0.3 is 6.61 Å². The first-order valence-electron chi connectivity index (χ1n) is 6.80. The van der Waals surface area contributed by atoms with Crippen molar-refractivity contribution in [3.8, 4) is 5.75 Å². The number of aromatic nitrogens is 1. The minimum Gasteiger partial charge on any atom is -0.435 e. The van der Waals surface area contributed by atoms with Crippen molar-refractivity contribution in [2.24, 2.45) is 0 Å². The van der Waals surface area contributed by atoms with Crippen LogP contribution in [-0.2, 0) is 13.0 Å². The number of hydrogen-bond acceptors (Lipinski definition) is 4. The quantitative estimate of drug-likeness (QED) is 0.833. The fourth-order valence-electron chi connectivity index (χ4n) is 1.92. The van der Waals surface area contributed by atoms with E-state index in [0.29, 0.717) is 6.54 Å². The molecule has 6 heteroatoms. The van der Waals surface area contributed by atoms with Crippen molar-refractivity contribution in [2.45, 2.75) is 39.5 Å². The number of thiazole rings is 1. The topological polar surface area (TPSA) is 34.2 Å². The third-order valence-electron chi connectivity index (χ3n) is 3.07. The molecule has 1 aromatic heterocycles. The molecule has 0 aliphatic carbocycles. The van der Waals surface area contributed by atoms with Crippen molar-refractivity contribution < 1.29 is 13.5 Å². The van der Waals surface area contributed by atoms with E-state index in [4.69, 9.17) is 0 Å². The van der Waals surface area contributed by atoms with Crippen LogP contribution < -0.4 is 10.1 Å². The van der Waals surface area contributed by atoms with Crippen LogP contribution in [0.2, 0.25) is 0 Å². The largest absolute Gasteiger partial charge is 0.435 e. The van der Waals surface area contributed by atoms with Crippen LogP contribution in [0.15, 0.2) is 30.5 Å². The number of aryl methyl sites for hydroxylation is 1. The lowest BCUT2D eigenvalue weighted by molar-refractivity contribution is -0.0499. The Morgan fingerprint density at radius 3 is 2.86 bits per heavy atom. The summed E-state index contributed by atoms with van der Waals surface area (Å²) in [6, 6.07) is 6.80. The highest BCUT2D eigenvalue weighted by Crippen LogP contribution is 2.21. The molecule has 3 nitrogen and oxygen atoms in total. The van der Waals surface area contributed by atoms with Gasteiger partial charge < -0.3 is 10.1 Å². The van der Waals surface area contributed by atoms with Crippen LogP contribution in [0.1, 0.15) is 35.3 Å². The molecule has 0 saturated carbocycles. The van der Waals surface area contributed by atoms with Crippen LogP contribution in [0.4, 0.5) is 8.78 Å². The lowest BCUT2D eigenvalue weighted by Crippen LogP contribution is -2.17. The van der Waals surface area contributed by atoms with E-state index in [9.17, 15) is 8.78 Å². The standard InChI is InChI=1S/C15H18F2N2OS/c1-3-14-19-9-13(21-14)8-18-10(2)11-5-4-6-12(7-11)20-15(16)17/h4-7,9-10,15,18H,3,8H2,1-2H3. The highest BCUT2D eigenvalue weighted by Gasteiger charge is 2.09. The molecule has 0 saturated heterocycles. The Labute approximate surface area is 127 Å². The zero-order chi connectivity index (χ0) is 15.2. The van der Waals surface area contributed by atoms with Gasteiger partial charge in [-0.05, 0) is 31.0 Å². The van der Waals surface area contributed by atoms with Gasteiger partial charge in [-0.15, -0.1) is 11.3 Å². The predicted molar refractivity (Wildman–Crippen MR) is 79.8 cm³/mol. The van der Waals surface area contributed by atoms with E-state index in [1.54, 1.807) is 23.5 Å². The van der Waals surface area contributed by atoms with E-state index in [1.807, 2.05) is 19.2 Å². The number of nitrogens with one attached hydrogen (secondary N) is 1. The molecule has 1 heterocycles. The van der Waals surface area contributed by atoms with E-state index in [-0.39, 0.29) is 11.8 Å². The lowest BCUT2D eigenvalue weighted by atomic mass is 10.1. The highest BCUT2D eigenvalue weighted by molar-refractivity contribution is 7.11. The number of benzene rings is 1. The molecule has 2 aromatic rings. The van der Waals surface area contributed by atoms with Crippen molar-refractivity contribution >= 4 is 11.3 Å². The molecule has 0 fully saturated rings. The minimum atomic E-state index is -2.80. The minimum absolute atomic E-state index is 0.0402. The molecule has 0 bridgehead atoms. The number of halogens is 2. The Hall–Kier alpha value is -1.53. The number of ether oxygens (including phenoxy) is 1. The fraction of sp³-hybridized carbons (Fsp3) is 0.400. The molecule has 1 N–H and O–H groups in total. The Balaban J connectivity index is 1.94. The highest BCUT2D eigenvalue weighted by atomic mass is 32.1. The molecular weight excluding hydrogens is 294 g/mol. The van der Waals surface area contributed by atoms with Crippen LogP contribution in [-0.4, -0.2) is 11.6 Å². The molecule has 1 atom stereocenters. The van der Waals surface area contributed by atoms with Gasteiger partial charge in [0.2, 0.25) is 0 Å². The normalized spacial score (nSPS) is 12.6. The monoisotopic (exact) mass is 312 g/mol. The van der Waals surface area contributed by atoms with Gasteiger partial charge in [-0.3, -0.25) is 0 Å². The molecule has 114 valence electrons. The smallest absolute Gasteiger partial charge is 0.387 e. The fourth-order valence-corrected chi connectivity index (χ4v) is 2.74. The summed E-state index contributed by atoms with van der Waals surface area (Å²) < 4.78 is 28.8. The molecule has 1 unspecified atom stereocenters. The van der Waals surface area contributed by atoms with Gasteiger partial charge in [0.25, 0.3) is 0 Å². The van der Waals surface area contributed by atoms with Crippen LogP contribution in [0, 0.1) is 0 Å². The van der Waals surface area contributed by atoms with E-state index < -0.39 is 6.61 Å². The van der Waals surface area contributed by atoms with Gasteiger partial charge in [-0.25, -0.2) is 4.98 Å². The second-order valence-electron chi connectivity index (χ2n) is 4.63. The van der Waals surface area contributed by atoms with Gasteiger partial charge in [-0.1, -0.05) is 19.1 Å². The average molecular weight is 312 g/mol. The van der Waals surface area contributed by atoms with Crippen molar-refractivity contribution in [1.82, 2.24) is 10.3 Å². The zero-order valence-corrected chi connectivity index (χ0v) is 12.8. The molecular formula is C15H18F2N2OS. The van der Waals surface area contributed by atoms with E-state index in [2.05, 4.69) is 22.0 Å². The molecule has 0 aliphatic rings. The van der Waals surface area contributed by atoms with Gasteiger partial charge in [0.05, 0.1) is 5.01 Å². The van der Waals surface area contributed by atoms with Crippen molar-refractivity contribution in [1.29, 1.82) is 0 Å². The Kier molecular flexibility index (Phi) is 5.64. The Morgan fingerprint density at radius 1 is 1.38 bits per heavy atom. The maximum Gasteiger partial charge on any atom is 0.387 e. The summed E-state index contributed by atoms with van der Waals surface area (Å²) in [5.41, 5.74) is 0.911. The summed E-state index contributed by atoms with van der Waals surface area (Å²) in [6.07, 6.45) is 2.81. The molecule has 21 heavy (non-hydrogen) atoms. The summed E-state index contributed by atoms with van der Waals surface area (Å²) in [7, 11) is 0. The van der Waals surface area contributed by atoms with Crippen LogP contribution in [0.25, 0.3) is 0 Å². The van der Waals surface area contributed by atoms with E-state index in [0.717, 1.165) is 17.0 Å². The van der Waals surface area contributed by atoms with E-state index >= 15 is 0 Å². The summed E-state index contributed by atoms with van der Waals surface area (Å²) in [4.78, 5) is 5.47. The Morgan fingerprint density at radius 2 is 2.19 bits per heavy atom. The zero-order valence-electron chi connectivity index (χ0n) is 12.0. The summed E-state index contributed by atoms with van der Waals surface area (Å²) in [5.74, 6) is 0.183. The van der Waals surface area contributed by atoms with Crippen molar-refractivity contribution in [3.63, 3.8) is 0 Å². The maximum absolute atomic E-state index is 12.2. The SMILES string of the molecule is CCc1ncc(CNC(C)c2cccc(OC(F)F)c2)s1. The predicted octanol–water partition coefficient (Wildman–Crippen LogP) is 4.16. The molecule has 0 radical (unpaired) electrons. The first-order valence-corrected chi connectivity index (χ1v) is 7.62. The Bertz CT molecular complexity index is 574. The summed E-state index contributed by atoms with van der Waals surface area (Å²) in [5, 5.41) is 4.48. The van der Waals surface area contributed by atoms with Crippen molar-refractivity contribution in [2.75, 3.05) is 0 Å². The molecule has 0 spiro atoms. The first-order chi connectivity index (χ1) is 10.1. The molecule has 0 aliphatic heterocycles. The van der Waals surface area contributed by atoms with Gasteiger partial charge in [0.15, 0.2) is 0 Å². The average Bonchev–Trinajstić information content (AvgIpc) is 2.92. The van der Waals surface area contributed by atoms with Gasteiger partial charge in [0, 0.05) is 23.7 Å². The maximum atomic E-state index is 12.2. The number of nitrogens with zero attached hydrogens (tertiary/aromatic N) is 1. The summed E-state index contributed by atoms with van der Waals surface area (Å²) in [6.45, 7) is 1.98. The van der Waals surface area contributed by atoms with Crippen molar-refractivity contribution in [3.05, 3.63) is 45.9 Å². The van der Waals surface area contributed by atoms with Gasteiger partial charge in [-0.2, -0.15) is 8.78 Å². The number of rotatable bonds is 7. The third-order valence-corrected chi connectivity index (χ3v) is 4.21. The molecule has 0 amide bonds. The van der Waals surface area contributed by atoms with E-state index in [1.165, 1.54) is 10.9 Å². The first kappa shape index (κ1) is 15.9. The lowest BCUT2D eigenvalue weighted by Gasteiger charge is -2.14. The molecule has 1 aromatic carbocycles. The second-order valence-corrected chi connectivity index (χ2v) is 5.83. The summed E-state index contributed by atoms with van der Waals surface area (Å²) >= 11 is 1.68.